The topological polar surface area (TPSA) is 99.9 Å². The summed E-state index contributed by atoms with van der Waals surface area (Å²) >= 11 is 0. The Kier molecular flexibility index (Phi) is 2.09. The Hall–Kier alpha value is -2.77. The van der Waals surface area contributed by atoms with E-state index < -0.39 is 4.92 Å². The van der Waals surface area contributed by atoms with Crippen molar-refractivity contribution in [1.29, 1.82) is 0 Å². The Balaban J connectivity index is 2.29. The van der Waals surface area contributed by atoms with Crippen molar-refractivity contribution in [3.05, 3.63) is 40.5 Å². The fraction of sp³-hybridized carbons (Fsp3) is 0.100. The van der Waals surface area contributed by atoms with E-state index in [1.54, 1.807) is 23.2 Å². The lowest BCUT2D eigenvalue weighted by molar-refractivity contribution is -0.383. The molecule has 2 aromatic heterocycles. The summed E-state index contributed by atoms with van der Waals surface area (Å²) < 4.78 is 6.30. The number of aromatic nitrogens is 4. The van der Waals surface area contributed by atoms with Crippen LogP contribution < -0.4 is 0 Å². The van der Waals surface area contributed by atoms with Gasteiger partial charge in [0.2, 0.25) is 5.52 Å². The number of hydrogen-bond acceptors (Lipinski definition) is 6. The molecule has 1 aromatic carbocycles. The van der Waals surface area contributed by atoms with Crippen molar-refractivity contribution in [2.24, 2.45) is 0 Å². The summed E-state index contributed by atoms with van der Waals surface area (Å²) in [6.07, 6.45) is 3.39. The number of non-ortho nitro benzene ring substituents is 1. The number of nitrogens with zero attached hydrogens (tertiary/aromatic N) is 5. The maximum atomic E-state index is 10.8. The molecule has 0 spiro atoms. The van der Waals surface area contributed by atoms with Crippen LogP contribution >= 0.6 is 0 Å². The van der Waals surface area contributed by atoms with E-state index in [1.807, 2.05) is 6.92 Å². The zero-order valence-electron chi connectivity index (χ0n) is 9.27. The van der Waals surface area contributed by atoms with Crippen LogP contribution in [0.2, 0.25) is 0 Å². The lowest BCUT2D eigenvalue weighted by atomic mass is 10.2. The van der Waals surface area contributed by atoms with Crippen molar-refractivity contribution in [3.63, 3.8) is 0 Å². The van der Waals surface area contributed by atoms with Gasteiger partial charge in [0.1, 0.15) is 0 Å². The second kappa shape index (κ2) is 3.62. The van der Waals surface area contributed by atoms with Gasteiger partial charge in [-0.1, -0.05) is 0 Å². The Labute approximate surface area is 100.0 Å². The molecular formula is C10H7N5O3. The molecule has 0 aliphatic carbocycles. The summed E-state index contributed by atoms with van der Waals surface area (Å²) in [6, 6.07) is 2.96. The molecule has 0 saturated carbocycles. The summed E-state index contributed by atoms with van der Waals surface area (Å²) in [7, 11) is 0. The minimum Gasteiger partial charge on any atom is -0.304 e. The predicted octanol–water partition coefficient (Wildman–Crippen LogP) is 1.63. The maximum absolute atomic E-state index is 10.8. The molecule has 0 fully saturated rings. The number of benzene rings is 1. The second-order valence-corrected chi connectivity index (χ2v) is 3.74. The van der Waals surface area contributed by atoms with E-state index in [1.165, 1.54) is 6.07 Å². The molecule has 0 aliphatic heterocycles. The number of hydrogen-bond donors (Lipinski definition) is 0. The molecular weight excluding hydrogens is 238 g/mol. The zero-order chi connectivity index (χ0) is 12.7. The van der Waals surface area contributed by atoms with Gasteiger partial charge in [-0.3, -0.25) is 10.1 Å². The monoisotopic (exact) mass is 245 g/mol. The molecule has 18 heavy (non-hydrogen) atoms. The Morgan fingerprint density at radius 2 is 2.11 bits per heavy atom. The van der Waals surface area contributed by atoms with Gasteiger partial charge in [0.15, 0.2) is 5.52 Å². The normalized spacial score (nSPS) is 10.9. The number of aryl methyl sites for hydroxylation is 1. The molecule has 0 saturated heterocycles. The molecule has 3 rings (SSSR count). The second-order valence-electron chi connectivity index (χ2n) is 3.74. The molecule has 8 heteroatoms. The highest BCUT2D eigenvalue weighted by atomic mass is 16.6. The summed E-state index contributed by atoms with van der Waals surface area (Å²) in [4.78, 5) is 14.4. The number of rotatable bonds is 2. The average Bonchev–Trinajstić information content (AvgIpc) is 2.95. The zero-order valence-corrected chi connectivity index (χ0v) is 9.27. The quantitative estimate of drug-likeness (QED) is 0.502. The largest absolute Gasteiger partial charge is 0.304 e. The minimum atomic E-state index is -0.518. The highest BCUT2D eigenvalue weighted by Gasteiger charge is 2.20. The van der Waals surface area contributed by atoms with E-state index in [4.69, 9.17) is 0 Å². The molecule has 0 atom stereocenters. The predicted molar refractivity (Wildman–Crippen MR) is 60.3 cm³/mol. The lowest BCUT2D eigenvalue weighted by Gasteiger charge is -2.01. The summed E-state index contributed by atoms with van der Waals surface area (Å²) in [5.74, 6) is 0. The first-order chi connectivity index (χ1) is 8.66. The minimum absolute atomic E-state index is 0.129. The molecule has 0 bridgehead atoms. The van der Waals surface area contributed by atoms with Crippen molar-refractivity contribution < 1.29 is 9.55 Å². The highest BCUT2D eigenvalue weighted by molar-refractivity contribution is 5.89. The fourth-order valence-electron chi connectivity index (χ4n) is 1.75. The molecule has 0 amide bonds. The number of nitro groups is 1. The van der Waals surface area contributed by atoms with Gasteiger partial charge in [-0.25, -0.2) is 9.61 Å². The molecule has 3 aromatic rings. The van der Waals surface area contributed by atoms with Gasteiger partial charge in [-0.2, -0.15) is 0 Å². The smallest absolute Gasteiger partial charge is 0.300 e. The van der Waals surface area contributed by atoms with E-state index in [-0.39, 0.29) is 11.2 Å². The number of nitro benzene ring substituents is 1. The summed E-state index contributed by atoms with van der Waals surface area (Å²) in [6.45, 7) is 1.85. The van der Waals surface area contributed by atoms with Crippen LogP contribution in [0.4, 0.5) is 5.69 Å². The van der Waals surface area contributed by atoms with E-state index in [0.717, 1.165) is 5.69 Å². The maximum Gasteiger partial charge on any atom is 0.300 e. The van der Waals surface area contributed by atoms with E-state index in [2.05, 4.69) is 19.9 Å². The number of imidazole rings is 1. The first-order valence-corrected chi connectivity index (χ1v) is 5.07. The molecule has 0 aliphatic rings. The van der Waals surface area contributed by atoms with Gasteiger partial charge in [0.25, 0.3) is 0 Å². The van der Waals surface area contributed by atoms with Gasteiger partial charge < -0.3 is 4.57 Å². The summed E-state index contributed by atoms with van der Waals surface area (Å²) in [5, 5.41) is 18.1. The van der Waals surface area contributed by atoms with Gasteiger partial charge in [-0.15, -0.1) is 0 Å². The van der Waals surface area contributed by atoms with Crippen molar-refractivity contribution in [2.45, 2.75) is 6.92 Å². The lowest BCUT2D eigenvalue weighted by Crippen LogP contribution is -1.95. The van der Waals surface area contributed by atoms with E-state index in [0.29, 0.717) is 11.2 Å². The van der Waals surface area contributed by atoms with Crippen LogP contribution in [0.1, 0.15) is 5.69 Å². The van der Waals surface area contributed by atoms with Crippen LogP contribution in [0.3, 0.4) is 0 Å². The third kappa shape index (κ3) is 1.43. The van der Waals surface area contributed by atoms with Crippen LogP contribution in [-0.4, -0.2) is 24.8 Å². The standard InChI is InChI=1S/C10H7N5O3/c1-6-4-14(5-11-6)7-2-3-8(15(16)17)10-9(7)12-18-13-10/h2-5H,1H3. The van der Waals surface area contributed by atoms with Gasteiger partial charge in [0.05, 0.1) is 22.6 Å². The van der Waals surface area contributed by atoms with Gasteiger partial charge in [0, 0.05) is 12.3 Å². The molecule has 0 unspecified atom stereocenters. The summed E-state index contributed by atoms with van der Waals surface area (Å²) in [5.41, 5.74) is 1.80. The highest BCUT2D eigenvalue weighted by Crippen LogP contribution is 2.27. The Morgan fingerprint density at radius 1 is 1.33 bits per heavy atom. The van der Waals surface area contributed by atoms with Crippen molar-refractivity contribution in [3.8, 4) is 5.69 Å². The number of fused-ring (bicyclic) bond motifs is 1. The van der Waals surface area contributed by atoms with E-state index in [9.17, 15) is 10.1 Å². The van der Waals surface area contributed by atoms with Crippen molar-refractivity contribution >= 4 is 16.7 Å². The third-order valence-electron chi connectivity index (χ3n) is 2.56. The molecule has 2 heterocycles. The third-order valence-corrected chi connectivity index (χ3v) is 2.56. The van der Waals surface area contributed by atoms with Crippen LogP contribution in [0.5, 0.6) is 0 Å². The van der Waals surface area contributed by atoms with Crippen molar-refractivity contribution in [2.75, 3.05) is 0 Å². The van der Waals surface area contributed by atoms with Crippen molar-refractivity contribution in [1.82, 2.24) is 19.9 Å². The van der Waals surface area contributed by atoms with Gasteiger partial charge in [-0.05, 0) is 23.3 Å². The fourth-order valence-corrected chi connectivity index (χ4v) is 1.75. The van der Waals surface area contributed by atoms with Crippen LogP contribution in [0.15, 0.2) is 29.3 Å². The van der Waals surface area contributed by atoms with Crippen LogP contribution in [0.25, 0.3) is 16.7 Å². The van der Waals surface area contributed by atoms with Crippen LogP contribution in [0, 0.1) is 17.0 Å². The van der Waals surface area contributed by atoms with Gasteiger partial charge >= 0.3 is 5.69 Å². The first kappa shape index (κ1) is 10.4. The molecule has 0 radical (unpaired) electrons. The first-order valence-electron chi connectivity index (χ1n) is 5.07. The molecule has 8 nitrogen and oxygen atoms in total. The average molecular weight is 245 g/mol. The molecule has 0 N–H and O–H groups in total. The van der Waals surface area contributed by atoms with Crippen LogP contribution in [-0.2, 0) is 0 Å². The van der Waals surface area contributed by atoms with E-state index >= 15 is 0 Å². The SMILES string of the molecule is Cc1cn(-c2ccc([N+](=O)[O-])c3nonc23)cn1. The Bertz CT molecular complexity index is 745. The Morgan fingerprint density at radius 3 is 2.78 bits per heavy atom. The molecule has 90 valence electrons.